The van der Waals surface area contributed by atoms with Crippen LogP contribution in [0.5, 0.6) is 0 Å². The maximum Gasteiger partial charge on any atom is 0.314 e. The lowest BCUT2D eigenvalue weighted by molar-refractivity contribution is -0.164. The largest absolute Gasteiger partial charge is 0.460 e. The highest BCUT2D eigenvalue weighted by Gasteiger charge is 2.37. The number of hydroxylamine groups is 2. The van der Waals surface area contributed by atoms with E-state index in [2.05, 4.69) is 0 Å². The molecule has 1 unspecified atom stereocenters. The fourth-order valence-corrected chi connectivity index (χ4v) is 3.14. The van der Waals surface area contributed by atoms with Crippen molar-refractivity contribution in [2.24, 2.45) is 5.92 Å². The van der Waals surface area contributed by atoms with E-state index in [9.17, 15) is 14.4 Å². The zero-order valence-corrected chi connectivity index (χ0v) is 15.0. The molecule has 7 nitrogen and oxygen atoms in total. The van der Waals surface area contributed by atoms with Gasteiger partial charge >= 0.3 is 5.97 Å². The summed E-state index contributed by atoms with van der Waals surface area (Å²) in [6.07, 6.45) is 2.97. The van der Waals surface area contributed by atoms with Crippen molar-refractivity contribution in [3.63, 3.8) is 0 Å². The Morgan fingerprint density at radius 3 is 2.32 bits per heavy atom. The van der Waals surface area contributed by atoms with Gasteiger partial charge in [0, 0.05) is 0 Å². The van der Waals surface area contributed by atoms with Crippen molar-refractivity contribution in [3.05, 3.63) is 83.6 Å². The molecule has 2 amide bonds. The lowest BCUT2D eigenvalue weighted by atomic mass is 10.1. The third kappa shape index (κ3) is 3.52. The highest BCUT2D eigenvalue weighted by molar-refractivity contribution is 6.21. The number of hydrogen-bond donors (Lipinski definition) is 0. The van der Waals surface area contributed by atoms with Crippen LogP contribution in [0.4, 0.5) is 0 Å². The Morgan fingerprint density at radius 2 is 1.64 bits per heavy atom. The molecular formula is C21H18N2O5. The van der Waals surface area contributed by atoms with Crippen LogP contribution in [0.25, 0.3) is 0 Å². The fourth-order valence-electron chi connectivity index (χ4n) is 3.14. The average Bonchev–Trinajstić information content (AvgIpc) is 2.98. The molecule has 2 aromatic carbocycles. The van der Waals surface area contributed by atoms with E-state index in [-0.39, 0.29) is 31.6 Å². The van der Waals surface area contributed by atoms with Crippen molar-refractivity contribution < 1.29 is 24.0 Å². The quantitative estimate of drug-likeness (QED) is 0.587. The summed E-state index contributed by atoms with van der Waals surface area (Å²) < 4.78 is 5.36. The van der Waals surface area contributed by atoms with Crippen molar-refractivity contribution in [1.29, 1.82) is 0 Å². The van der Waals surface area contributed by atoms with Gasteiger partial charge in [-0.3, -0.25) is 19.3 Å². The molecule has 2 heterocycles. The number of carbonyl (C=O) groups is 3. The predicted molar refractivity (Wildman–Crippen MR) is 98.5 cm³/mol. The number of nitrogens with zero attached hydrogens (tertiary/aromatic N) is 2. The van der Waals surface area contributed by atoms with E-state index < -0.39 is 11.9 Å². The molecule has 7 heteroatoms. The number of amides is 2. The second-order valence-corrected chi connectivity index (χ2v) is 6.52. The van der Waals surface area contributed by atoms with Gasteiger partial charge in [0.1, 0.15) is 19.5 Å². The molecule has 0 aliphatic carbocycles. The van der Waals surface area contributed by atoms with Crippen LogP contribution >= 0.6 is 0 Å². The van der Waals surface area contributed by atoms with Gasteiger partial charge in [-0.2, -0.15) is 0 Å². The van der Waals surface area contributed by atoms with Crippen LogP contribution in [0, 0.1) is 5.92 Å². The average molecular weight is 378 g/mol. The topological polar surface area (TPSA) is 76.2 Å². The SMILES string of the molecule is O=C(OCc1ccccc1)C1C=CON(CN2C(=O)c3ccccc3C2=O)C1. The summed E-state index contributed by atoms with van der Waals surface area (Å²) in [7, 11) is 0. The van der Waals surface area contributed by atoms with Gasteiger partial charge in [0.25, 0.3) is 11.8 Å². The lowest BCUT2D eigenvalue weighted by Crippen LogP contribution is -2.44. The molecule has 142 valence electrons. The number of carbonyl (C=O) groups excluding carboxylic acids is 3. The van der Waals surface area contributed by atoms with Gasteiger partial charge in [-0.05, 0) is 23.8 Å². The molecule has 2 aliphatic rings. The van der Waals surface area contributed by atoms with E-state index in [0.717, 1.165) is 10.5 Å². The van der Waals surface area contributed by atoms with Gasteiger partial charge in [-0.25, -0.2) is 0 Å². The first-order valence-electron chi connectivity index (χ1n) is 8.87. The fraction of sp³-hybridized carbons (Fsp3) is 0.190. The van der Waals surface area contributed by atoms with Gasteiger partial charge in [-0.1, -0.05) is 42.5 Å². The molecule has 1 atom stereocenters. The molecule has 0 aromatic heterocycles. The summed E-state index contributed by atoms with van der Waals surface area (Å²) in [4.78, 5) is 43.8. The van der Waals surface area contributed by atoms with Crippen LogP contribution in [0.3, 0.4) is 0 Å². The number of ether oxygens (including phenoxy) is 1. The van der Waals surface area contributed by atoms with Crippen LogP contribution < -0.4 is 0 Å². The van der Waals surface area contributed by atoms with E-state index in [4.69, 9.17) is 9.57 Å². The Balaban J connectivity index is 1.36. The lowest BCUT2D eigenvalue weighted by Gasteiger charge is -2.29. The Morgan fingerprint density at radius 1 is 1.00 bits per heavy atom. The maximum atomic E-state index is 12.5. The second-order valence-electron chi connectivity index (χ2n) is 6.52. The Kier molecular flexibility index (Phi) is 4.90. The molecule has 0 fully saturated rings. The summed E-state index contributed by atoms with van der Waals surface area (Å²) in [6, 6.07) is 16.1. The molecule has 0 N–H and O–H groups in total. The minimum absolute atomic E-state index is 0.0703. The smallest absolute Gasteiger partial charge is 0.314 e. The van der Waals surface area contributed by atoms with Crippen LogP contribution in [-0.4, -0.2) is 41.0 Å². The molecule has 0 spiro atoms. The van der Waals surface area contributed by atoms with Crippen LogP contribution in [-0.2, 0) is 21.0 Å². The minimum atomic E-state index is -0.548. The summed E-state index contributed by atoms with van der Waals surface area (Å²) >= 11 is 0. The number of benzene rings is 2. The summed E-state index contributed by atoms with van der Waals surface area (Å²) in [6.45, 7) is 0.292. The maximum absolute atomic E-state index is 12.5. The van der Waals surface area contributed by atoms with E-state index >= 15 is 0 Å². The van der Waals surface area contributed by atoms with Crippen molar-refractivity contribution in [1.82, 2.24) is 9.96 Å². The molecule has 2 aromatic rings. The standard InChI is InChI=1S/C21H18N2O5/c24-19-17-8-4-5-9-18(17)20(25)23(19)14-22-12-16(10-11-28-22)21(26)27-13-15-6-2-1-3-7-15/h1-11,16H,12-14H2. The van der Waals surface area contributed by atoms with E-state index in [1.54, 1.807) is 30.3 Å². The predicted octanol–water partition coefficient (Wildman–Crippen LogP) is 2.36. The number of esters is 1. The third-order valence-electron chi connectivity index (χ3n) is 4.63. The van der Waals surface area contributed by atoms with Crippen LogP contribution in [0.1, 0.15) is 26.3 Å². The summed E-state index contributed by atoms with van der Waals surface area (Å²) in [5, 5.41) is 1.40. The van der Waals surface area contributed by atoms with Gasteiger partial charge in [-0.15, -0.1) is 5.06 Å². The Bertz CT molecular complexity index is 906. The number of imide groups is 1. The summed E-state index contributed by atoms with van der Waals surface area (Å²) in [5.41, 5.74) is 1.65. The first-order chi connectivity index (χ1) is 13.6. The van der Waals surface area contributed by atoms with Gasteiger partial charge in [0.05, 0.1) is 23.6 Å². The van der Waals surface area contributed by atoms with Gasteiger partial charge in [0.2, 0.25) is 0 Å². The second kappa shape index (κ2) is 7.66. The van der Waals surface area contributed by atoms with Crippen molar-refractivity contribution in [2.75, 3.05) is 13.2 Å². The van der Waals surface area contributed by atoms with Crippen LogP contribution in [0.15, 0.2) is 66.9 Å². The molecule has 4 rings (SSSR count). The number of hydrogen-bond acceptors (Lipinski definition) is 6. The van der Waals surface area contributed by atoms with Crippen LogP contribution in [0.2, 0.25) is 0 Å². The molecule has 0 saturated carbocycles. The van der Waals surface area contributed by atoms with Crippen molar-refractivity contribution in [3.8, 4) is 0 Å². The Labute approximate surface area is 161 Å². The molecule has 2 aliphatic heterocycles. The number of fused-ring (bicyclic) bond motifs is 1. The monoisotopic (exact) mass is 378 g/mol. The summed E-state index contributed by atoms with van der Waals surface area (Å²) in [5.74, 6) is -1.69. The Hall–Kier alpha value is -3.45. The molecule has 0 saturated heterocycles. The van der Waals surface area contributed by atoms with Gasteiger partial charge < -0.3 is 9.57 Å². The van der Waals surface area contributed by atoms with Crippen molar-refractivity contribution >= 4 is 17.8 Å². The zero-order valence-electron chi connectivity index (χ0n) is 15.0. The zero-order chi connectivity index (χ0) is 19.5. The first-order valence-corrected chi connectivity index (χ1v) is 8.87. The number of rotatable bonds is 5. The highest BCUT2D eigenvalue weighted by Crippen LogP contribution is 2.23. The molecule has 28 heavy (non-hydrogen) atoms. The van der Waals surface area contributed by atoms with E-state index in [0.29, 0.717) is 11.1 Å². The van der Waals surface area contributed by atoms with E-state index in [1.165, 1.54) is 11.3 Å². The minimum Gasteiger partial charge on any atom is -0.460 e. The normalized spacial score (nSPS) is 18.7. The van der Waals surface area contributed by atoms with E-state index in [1.807, 2.05) is 30.3 Å². The highest BCUT2D eigenvalue weighted by atomic mass is 16.7. The van der Waals surface area contributed by atoms with Gasteiger partial charge in [0.15, 0.2) is 0 Å². The third-order valence-corrected chi connectivity index (χ3v) is 4.63. The van der Waals surface area contributed by atoms with Crippen molar-refractivity contribution in [2.45, 2.75) is 6.61 Å². The first kappa shape index (κ1) is 17.9. The molecule has 0 radical (unpaired) electrons. The molecular weight excluding hydrogens is 360 g/mol. The molecule has 0 bridgehead atoms.